The summed E-state index contributed by atoms with van der Waals surface area (Å²) in [6.45, 7) is 3.67. The predicted molar refractivity (Wildman–Crippen MR) is 87.2 cm³/mol. The number of hydrogen-bond donors (Lipinski definition) is 2. The molecular weight excluding hydrogens is 310 g/mol. The molecule has 1 aromatic rings. The van der Waals surface area contributed by atoms with Crippen molar-refractivity contribution in [1.82, 2.24) is 10.6 Å². The molecule has 1 atom stereocenters. The molecule has 7 heteroatoms. The van der Waals surface area contributed by atoms with Gasteiger partial charge >= 0.3 is 0 Å². The second kappa shape index (κ2) is 7.44. The number of amides is 3. The summed E-state index contributed by atoms with van der Waals surface area (Å²) in [6.07, 6.45) is 0.143. The fourth-order valence-electron chi connectivity index (χ4n) is 2.91. The molecule has 128 valence electrons. The highest BCUT2D eigenvalue weighted by Gasteiger charge is 2.31. The zero-order valence-corrected chi connectivity index (χ0v) is 13.4. The largest absolute Gasteiger partial charge is 0.378 e. The van der Waals surface area contributed by atoms with Gasteiger partial charge in [-0.3, -0.25) is 19.7 Å². The molecule has 1 unspecified atom stereocenters. The van der Waals surface area contributed by atoms with Crippen molar-refractivity contribution in [3.05, 3.63) is 29.8 Å². The van der Waals surface area contributed by atoms with Crippen LogP contribution >= 0.6 is 0 Å². The van der Waals surface area contributed by atoms with Crippen LogP contribution in [0, 0.1) is 5.92 Å². The maximum atomic E-state index is 11.9. The van der Waals surface area contributed by atoms with Gasteiger partial charge in [0.15, 0.2) is 0 Å². The number of imide groups is 1. The van der Waals surface area contributed by atoms with E-state index in [1.165, 1.54) is 0 Å². The lowest BCUT2D eigenvalue weighted by atomic mass is 10.0. The third kappa shape index (κ3) is 4.11. The summed E-state index contributed by atoms with van der Waals surface area (Å²) < 4.78 is 5.34. The van der Waals surface area contributed by atoms with Crippen molar-refractivity contribution in [2.24, 2.45) is 5.92 Å². The molecule has 7 nitrogen and oxygen atoms in total. The summed E-state index contributed by atoms with van der Waals surface area (Å²) in [5.74, 6) is -1.43. The predicted octanol–water partition coefficient (Wildman–Crippen LogP) is 0.192. The first-order valence-corrected chi connectivity index (χ1v) is 8.14. The van der Waals surface area contributed by atoms with Crippen molar-refractivity contribution in [3.63, 3.8) is 0 Å². The molecular formula is C17H21N3O4. The minimum Gasteiger partial charge on any atom is -0.378 e. The highest BCUT2D eigenvalue weighted by molar-refractivity contribution is 6.04. The smallest absolute Gasteiger partial charge is 0.230 e. The monoisotopic (exact) mass is 331 g/mol. The summed E-state index contributed by atoms with van der Waals surface area (Å²) in [5.41, 5.74) is 2.14. The van der Waals surface area contributed by atoms with E-state index in [4.69, 9.17) is 4.74 Å². The van der Waals surface area contributed by atoms with Gasteiger partial charge in [-0.15, -0.1) is 0 Å². The second-order valence-corrected chi connectivity index (χ2v) is 6.06. The van der Waals surface area contributed by atoms with E-state index in [0.29, 0.717) is 6.54 Å². The zero-order chi connectivity index (χ0) is 16.9. The summed E-state index contributed by atoms with van der Waals surface area (Å²) >= 11 is 0. The van der Waals surface area contributed by atoms with Crippen molar-refractivity contribution in [1.29, 1.82) is 0 Å². The van der Waals surface area contributed by atoms with Crippen LogP contribution in [0.5, 0.6) is 0 Å². The summed E-state index contributed by atoms with van der Waals surface area (Å²) in [6, 6.07) is 8.04. The lowest BCUT2D eigenvalue weighted by Gasteiger charge is -2.28. The van der Waals surface area contributed by atoms with Gasteiger partial charge in [-0.25, -0.2) is 0 Å². The molecule has 2 aliphatic heterocycles. The standard InChI is InChI=1S/C17H21N3O4/c21-15(9-13-10-16(22)19-17(13)23)18-11-12-1-3-14(4-2-12)20-5-7-24-8-6-20/h1-4,13H,5-11H2,(H,18,21)(H,19,22,23). The Balaban J connectivity index is 1.46. The van der Waals surface area contributed by atoms with E-state index in [1.54, 1.807) is 0 Å². The summed E-state index contributed by atoms with van der Waals surface area (Å²) in [5, 5.41) is 5.01. The fraction of sp³-hybridized carbons (Fsp3) is 0.471. The lowest BCUT2D eigenvalue weighted by molar-refractivity contribution is -0.129. The number of morpholine rings is 1. The molecule has 0 spiro atoms. The molecule has 2 heterocycles. The van der Waals surface area contributed by atoms with Crippen LogP contribution < -0.4 is 15.5 Å². The molecule has 2 fully saturated rings. The number of anilines is 1. The van der Waals surface area contributed by atoms with Crippen molar-refractivity contribution in [2.75, 3.05) is 31.2 Å². The average Bonchev–Trinajstić information content (AvgIpc) is 2.91. The number of carbonyl (C=O) groups is 3. The number of nitrogens with zero attached hydrogens (tertiary/aromatic N) is 1. The number of carbonyl (C=O) groups excluding carboxylic acids is 3. The van der Waals surface area contributed by atoms with Crippen LogP contribution in [0.25, 0.3) is 0 Å². The molecule has 0 aromatic heterocycles. The lowest BCUT2D eigenvalue weighted by Crippen LogP contribution is -2.36. The van der Waals surface area contributed by atoms with E-state index < -0.39 is 5.92 Å². The normalized spacial score (nSPS) is 20.8. The molecule has 0 radical (unpaired) electrons. The Hall–Kier alpha value is -2.41. The summed E-state index contributed by atoms with van der Waals surface area (Å²) in [4.78, 5) is 36.7. The van der Waals surface area contributed by atoms with Crippen molar-refractivity contribution >= 4 is 23.4 Å². The molecule has 0 aliphatic carbocycles. The van der Waals surface area contributed by atoms with Gasteiger partial charge in [0.05, 0.1) is 19.1 Å². The fourth-order valence-corrected chi connectivity index (χ4v) is 2.91. The molecule has 2 aliphatic rings. The molecule has 3 amide bonds. The molecule has 0 saturated carbocycles. The molecule has 1 aromatic carbocycles. The Labute approximate surface area is 140 Å². The average molecular weight is 331 g/mol. The van der Waals surface area contributed by atoms with Gasteiger partial charge in [-0.2, -0.15) is 0 Å². The van der Waals surface area contributed by atoms with Gasteiger partial charge in [0.25, 0.3) is 0 Å². The van der Waals surface area contributed by atoms with Crippen LogP contribution in [0.4, 0.5) is 5.69 Å². The first-order valence-electron chi connectivity index (χ1n) is 8.14. The topological polar surface area (TPSA) is 87.7 Å². The Morgan fingerprint density at radius 1 is 1.21 bits per heavy atom. The molecule has 24 heavy (non-hydrogen) atoms. The second-order valence-electron chi connectivity index (χ2n) is 6.06. The molecule has 3 rings (SSSR count). The van der Waals surface area contributed by atoms with E-state index in [9.17, 15) is 14.4 Å². The van der Waals surface area contributed by atoms with E-state index in [2.05, 4.69) is 15.5 Å². The van der Waals surface area contributed by atoms with E-state index >= 15 is 0 Å². The third-order valence-electron chi connectivity index (χ3n) is 4.30. The van der Waals surface area contributed by atoms with Gasteiger partial charge in [0.2, 0.25) is 17.7 Å². The van der Waals surface area contributed by atoms with E-state index in [-0.39, 0.29) is 30.6 Å². The minimum absolute atomic E-state index is 0.0451. The highest BCUT2D eigenvalue weighted by atomic mass is 16.5. The van der Waals surface area contributed by atoms with E-state index in [0.717, 1.165) is 37.6 Å². The molecule has 0 bridgehead atoms. The van der Waals surface area contributed by atoms with Gasteiger partial charge in [-0.1, -0.05) is 12.1 Å². The Bertz CT molecular complexity index is 623. The highest BCUT2D eigenvalue weighted by Crippen LogP contribution is 2.17. The van der Waals surface area contributed by atoms with Crippen LogP contribution in [0.3, 0.4) is 0 Å². The first-order chi connectivity index (χ1) is 11.6. The third-order valence-corrected chi connectivity index (χ3v) is 4.30. The van der Waals surface area contributed by atoms with Gasteiger partial charge in [0.1, 0.15) is 0 Å². The molecule has 2 saturated heterocycles. The number of ether oxygens (including phenoxy) is 1. The Morgan fingerprint density at radius 3 is 2.54 bits per heavy atom. The maximum Gasteiger partial charge on any atom is 0.230 e. The Morgan fingerprint density at radius 2 is 1.92 bits per heavy atom. The van der Waals surface area contributed by atoms with Crippen LogP contribution in [-0.2, 0) is 25.7 Å². The minimum atomic E-state index is -0.541. The van der Waals surface area contributed by atoms with Crippen molar-refractivity contribution in [2.45, 2.75) is 19.4 Å². The quantitative estimate of drug-likeness (QED) is 0.752. The number of rotatable bonds is 5. The van der Waals surface area contributed by atoms with Gasteiger partial charge in [0, 0.05) is 38.2 Å². The van der Waals surface area contributed by atoms with E-state index in [1.807, 2.05) is 24.3 Å². The number of nitrogens with one attached hydrogen (secondary N) is 2. The van der Waals surface area contributed by atoms with Crippen LogP contribution in [0.15, 0.2) is 24.3 Å². The summed E-state index contributed by atoms with van der Waals surface area (Å²) in [7, 11) is 0. The van der Waals surface area contributed by atoms with Crippen LogP contribution in [0.2, 0.25) is 0 Å². The van der Waals surface area contributed by atoms with Gasteiger partial charge < -0.3 is 15.0 Å². The SMILES string of the molecule is O=C(CC1CC(=O)NC1=O)NCc1ccc(N2CCOCC2)cc1. The zero-order valence-electron chi connectivity index (χ0n) is 13.4. The maximum absolute atomic E-state index is 11.9. The van der Waals surface area contributed by atoms with Crippen LogP contribution in [-0.4, -0.2) is 44.0 Å². The first kappa shape index (κ1) is 16.4. The number of benzene rings is 1. The number of hydrogen-bond acceptors (Lipinski definition) is 5. The van der Waals surface area contributed by atoms with Crippen molar-refractivity contribution < 1.29 is 19.1 Å². The molecule has 2 N–H and O–H groups in total. The van der Waals surface area contributed by atoms with Crippen molar-refractivity contribution in [3.8, 4) is 0 Å². The van der Waals surface area contributed by atoms with Gasteiger partial charge in [-0.05, 0) is 17.7 Å². The van der Waals surface area contributed by atoms with Crippen LogP contribution in [0.1, 0.15) is 18.4 Å². The Kier molecular flexibility index (Phi) is 5.10.